The fourth-order valence-corrected chi connectivity index (χ4v) is 3.23. The molecule has 1 unspecified atom stereocenters. The van der Waals surface area contributed by atoms with Crippen LogP contribution >= 0.6 is 0 Å². The fraction of sp³-hybridized carbons (Fsp3) is 0.0714. The van der Waals surface area contributed by atoms with Crippen molar-refractivity contribution in [2.24, 2.45) is 4.99 Å². The zero-order valence-electron chi connectivity index (χ0n) is 17.3. The summed E-state index contributed by atoms with van der Waals surface area (Å²) in [6.07, 6.45) is 1.84. The Hall–Kier alpha value is -3.98. The van der Waals surface area contributed by atoms with Gasteiger partial charge in [0.05, 0.1) is 11.6 Å². The first kappa shape index (κ1) is 20.3. The SMILES string of the molecule is CC(N=Cc1ccc(OC(=O)c2ccc(-c3ccccc3)cc2)cc1)c1ccccc1. The standard InChI is InChI=1S/C28H23NO2/c1-21(23-8-4-2-5-9-23)29-20-22-12-18-27(19-13-22)31-28(30)26-16-14-25(15-17-26)24-10-6-3-7-11-24/h2-21H,1H3. The molecule has 0 fully saturated rings. The van der Waals surface area contributed by atoms with Crippen LogP contribution < -0.4 is 4.74 Å². The van der Waals surface area contributed by atoms with Crippen molar-refractivity contribution in [3.8, 4) is 16.9 Å². The van der Waals surface area contributed by atoms with E-state index >= 15 is 0 Å². The van der Waals surface area contributed by atoms with Gasteiger partial charge in [-0.2, -0.15) is 0 Å². The molecule has 1 atom stereocenters. The van der Waals surface area contributed by atoms with E-state index < -0.39 is 0 Å². The summed E-state index contributed by atoms with van der Waals surface area (Å²) in [6.45, 7) is 2.06. The summed E-state index contributed by atoms with van der Waals surface area (Å²) in [4.78, 5) is 17.1. The quantitative estimate of drug-likeness (QED) is 0.202. The molecule has 3 heteroatoms. The van der Waals surface area contributed by atoms with Crippen LogP contribution in [0.5, 0.6) is 5.75 Å². The maximum Gasteiger partial charge on any atom is 0.343 e. The van der Waals surface area contributed by atoms with Crippen LogP contribution in [0.3, 0.4) is 0 Å². The van der Waals surface area contributed by atoms with E-state index in [1.54, 1.807) is 24.3 Å². The van der Waals surface area contributed by atoms with Gasteiger partial charge in [-0.3, -0.25) is 4.99 Å². The van der Waals surface area contributed by atoms with Gasteiger partial charge in [0.25, 0.3) is 0 Å². The van der Waals surface area contributed by atoms with Crippen molar-refractivity contribution >= 4 is 12.2 Å². The van der Waals surface area contributed by atoms with Gasteiger partial charge in [-0.15, -0.1) is 0 Å². The average molecular weight is 405 g/mol. The molecule has 0 amide bonds. The highest BCUT2D eigenvalue weighted by Gasteiger charge is 2.09. The van der Waals surface area contributed by atoms with Crippen molar-refractivity contribution in [1.29, 1.82) is 0 Å². The minimum Gasteiger partial charge on any atom is -0.423 e. The Labute approximate surface area is 182 Å². The van der Waals surface area contributed by atoms with Crippen LogP contribution in [0.25, 0.3) is 11.1 Å². The van der Waals surface area contributed by atoms with E-state index in [-0.39, 0.29) is 12.0 Å². The molecular weight excluding hydrogens is 382 g/mol. The third-order valence-corrected chi connectivity index (χ3v) is 5.05. The van der Waals surface area contributed by atoms with E-state index in [4.69, 9.17) is 4.74 Å². The van der Waals surface area contributed by atoms with Crippen LogP contribution in [0.15, 0.2) is 114 Å². The maximum atomic E-state index is 12.5. The van der Waals surface area contributed by atoms with Crippen LogP contribution in [0, 0.1) is 0 Å². The summed E-state index contributed by atoms with van der Waals surface area (Å²) in [5.41, 5.74) is 4.81. The van der Waals surface area contributed by atoms with Crippen molar-refractivity contribution < 1.29 is 9.53 Å². The second kappa shape index (κ2) is 9.68. The highest BCUT2D eigenvalue weighted by atomic mass is 16.5. The summed E-state index contributed by atoms with van der Waals surface area (Å²) in [7, 11) is 0. The van der Waals surface area contributed by atoms with Crippen LogP contribution in [-0.4, -0.2) is 12.2 Å². The van der Waals surface area contributed by atoms with Crippen molar-refractivity contribution in [2.75, 3.05) is 0 Å². The molecule has 4 aromatic carbocycles. The molecule has 4 aromatic rings. The van der Waals surface area contributed by atoms with E-state index in [2.05, 4.69) is 24.0 Å². The predicted molar refractivity (Wildman–Crippen MR) is 126 cm³/mol. The zero-order valence-corrected chi connectivity index (χ0v) is 17.3. The number of rotatable bonds is 6. The topological polar surface area (TPSA) is 38.7 Å². The molecule has 0 saturated heterocycles. The Morgan fingerprint density at radius 3 is 1.97 bits per heavy atom. The summed E-state index contributed by atoms with van der Waals surface area (Å²) in [5, 5.41) is 0. The summed E-state index contributed by atoms with van der Waals surface area (Å²) < 4.78 is 5.51. The summed E-state index contributed by atoms with van der Waals surface area (Å²) >= 11 is 0. The number of hydrogen-bond donors (Lipinski definition) is 0. The summed E-state index contributed by atoms with van der Waals surface area (Å²) in [6, 6.07) is 35.1. The third kappa shape index (κ3) is 5.34. The predicted octanol–water partition coefficient (Wildman–Crippen LogP) is 6.75. The number of ether oxygens (including phenoxy) is 1. The minimum atomic E-state index is -0.376. The number of hydrogen-bond acceptors (Lipinski definition) is 3. The Balaban J connectivity index is 1.37. The lowest BCUT2D eigenvalue weighted by atomic mass is 10.0. The van der Waals surface area contributed by atoms with E-state index in [1.807, 2.05) is 79.0 Å². The molecule has 0 N–H and O–H groups in total. The van der Waals surface area contributed by atoms with Crippen molar-refractivity contribution in [3.05, 3.63) is 126 Å². The largest absolute Gasteiger partial charge is 0.423 e. The molecule has 0 aliphatic carbocycles. The highest BCUT2D eigenvalue weighted by Crippen LogP contribution is 2.21. The van der Waals surface area contributed by atoms with Gasteiger partial charge in [0.2, 0.25) is 0 Å². The van der Waals surface area contributed by atoms with Gasteiger partial charge in [0.1, 0.15) is 5.75 Å². The Bertz CT molecular complexity index is 1150. The molecular formula is C28H23NO2. The number of esters is 1. The lowest BCUT2D eigenvalue weighted by molar-refractivity contribution is 0.0735. The van der Waals surface area contributed by atoms with Crippen LogP contribution in [-0.2, 0) is 0 Å². The summed E-state index contributed by atoms with van der Waals surface area (Å²) in [5.74, 6) is 0.129. The second-order valence-electron chi connectivity index (χ2n) is 7.27. The molecule has 0 saturated carbocycles. The smallest absolute Gasteiger partial charge is 0.343 e. The zero-order chi connectivity index (χ0) is 21.5. The molecule has 0 spiro atoms. The second-order valence-corrected chi connectivity index (χ2v) is 7.27. The Morgan fingerprint density at radius 2 is 1.32 bits per heavy atom. The maximum absolute atomic E-state index is 12.5. The van der Waals surface area contributed by atoms with Gasteiger partial charge >= 0.3 is 5.97 Å². The van der Waals surface area contributed by atoms with E-state index in [0.29, 0.717) is 11.3 Å². The molecule has 0 aliphatic heterocycles. The monoisotopic (exact) mass is 405 g/mol. The van der Waals surface area contributed by atoms with Gasteiger partial charge in [-0.25, -0.2) is 4.79 Å². The third-order valence-electron chi connectivity index (χ3n) is 5.05. The molecule has 0 heterocycles. The molecule has 152 valence electrons. The van der Waals surface area contributed by atoms with Gasteiger partial charge in [-0.05, 0) is 65.6 Å². The van der Waals surface area contributed by atoms with Gasteiger partial charge < -0.3 is 4.74 Å². The van der Waals surface area contributed by atoms with Crippen LogP contribution in [0.1, 0.15) is 34.5 Å². The van der Waals surface area contributed by atoms with Crippen molar-refractivity contribution in [1.82, 2.24) is 0 Å². The average Bonchev–Trinajstić information content (AvgIpc) is 2.84. The molecule has 4 rings (SSSR count). The number of carbonyl (C=O) groups excluding carboxylic acids is 1. The van der Waals surface area contributed by atoms with E-state index in [0.717, 1.165) is 16.7 Å². The Kier molecular flexibility index (Phi) is 6.34. The minimum absolute atomic E-state index is 0.0811. The van der Waals surface area contributed by atoms with Gasteiger partial charge in [0, 0.05) is 6.21 Å². The van der Waals surface area contributed by atoms with E-state index in [9.17, 15) is 4.79 Å². The van der Waals surface area contributed by atoms with Crippen LogP contribution in [0.4, 0.5) is 0 Å². The first-order valence-electron chi connectivity index (χ1n) is 10.2. The lowest BCUT2D eigenvalue weighted by Gasteiger charge is -2.07. The molecule has 0 bridgehead atoms. The number of nitrogens with zero attached hydrogens (tertiary/aromatic N) is 1. The number of carbonyl (C=O) groups is 1. The fourth-order valence-electron chi connectivity index (χ4n) is 3.23. The molecule has 0 radical (unpaired) electrons. The molecule has 0 aromatic heterocycles. The van der Waals surface area contributed by atoms with Crippen molar-refractivity contribution in [2.45, 2.75) is 13.0 Å². The molecule has 31 heavy (non-hydrogen) atoms. The Morgan fingerprint density at radius 1 is 0.742 bits per heavy atom. The number of benzene rings is 4. The van der Waals surface area contributed by atoms with Gasteiger partial charge in [-0.1, -0.05) is 72.8 Å². The van der Waals surface area contributed by atoms with Crippen molar-refractivity contribution in [3.63, 3.8) is 0 Å². The lowest BCUT2D eigenvalue weighted by Crippen LogP contribution is -2.08. The highest BCUT2D eigenvalue weighted by molar-refractivity contribution is 5.91. The first-order chi connectivity index (χ1) is 15.2. The molecule has 3 nitrogen and oxygen atoms in total. The van der Waals surface area contributed by atoms with E-state index in [1.165, 1.54) is 5.56 Å². The normalized spacial score (nSPS) is 11.9. The van der Waals surface area contributed by atoms with Gasteiger partial charge in [0.15, 0.2) is 0 Å². The first-order valence-corrected chi connectivity index (χ1v) is 10.2. The van der Waals surface area contributed by atoms with Crippen LogP contribution in [0.2, 0.25) is 0 Å². The molecule has 0 aliphatic rings. The number of aliphatic imine (C=N–C) groups is 1.